The lowest BCUT2D eigenvalue weighted by atomic mass is 10.2. The average Bonchev–Trinajstić information content (AvgIpc) is 2.63. The highest BCUT2D eigenvalue weighted by Crippen LogP contribution is 2.17. The number of hydrogen-bond donors (Lipinski definition) is 2. The molecule has 24 heavy (non-hydrogen) atoms. The molecule has 0 aliphatic carbocycles. The number of aromatic nitrogens is 3. The van der Waals surface area contributed by atoms with Crippen LogP contribution in [0.2, 0.25) is 0 Å². The van der Waals surface area contributed by atoms with Crippen molar-refractivity contribution in [3.8, 4) is 5.75 Å². The zero-order valence-electron chi connectivity index (χ0n) is 13.0. The number of rotatable bonds is 6. The van der Waals surface area contributed by atoms with Gasteiger partial charge in [0.05, 0.1) is 13.3 Å². The van der Waals surface area contributed by atoms with Crippen molar-refractivity contribution in [2.45, 2.75) is 6.54 Å². The van der Waals surface area contributed by atoms with E-state index >= 15 is 0 Å². The summed E-state index contributed by atoms with van der Waals surface area (Å²) in [4.78, 5) is 4.41. The summed E-state index contributed by atoms with van der Waals surface area (Å²) in [6, 6.07) is 15.6. The van der Waals surface area contributed by atoms with E-state index in [1.165, 1.54) is 0 Å². The van der Waals surface area contributed by atoms with Crippen LogP contribution in [0.3, 0.4) is 0 Å². The molecular formula is C17H16BrN5O. The van der Waals surface area contributed by atoms with E-state index in [0.717, 1.165) is 21.5 Å². The average molecular weight is 386 g/mol. The third kappa shape index (κ3) is 4.42. The van der Waals surface area contributed by atoms with Crippen molar-refractivity contribution >= 4 is 33.4 Å². The fourth-order valence-corrected chi connectivity index (χ4v) is 2.30. The Morgan fingerprint density at radius 2 is 1.79 bits per heavy atom. The van der Waals surface area contributed by atoms with Crippen molar-refractivity contribution in [2.75, 3.05) is 17.7 Å². The van der Waals surface area contributed by atoms with Gasteiger partial charge in [0.25, 0.3) is 0 Å². The van der Waals surface area contributed by atoms with Gasteiger partial charge in [-0.05, 0) is 42.0 Å². The van der Waals surface area contributed by atoms with Gasteiger partial charge in [-0.1, -0.05) is 28.1 Å². The summed E-state index contributed by atoms with van der Waals surface area (Å²) in [6.07, 6.45) is 1.59. The Labute approximate surface area is 148 Å². The molecule has 0 spiro atoms. The van der Waals surface area contributed by atoms with Gasteiger partial charge >= 0.3 is 0 Å². The SMILES string of the molecule is COc1ccc(CNc2cnnc(Nc3ccc(Br)cc3)n2)cc1. The molecule has 7 heteroatoms. The molecule has 0 saturated heterocycles. The summed E-state index contributed by atoms with van der Waals surface area (Å²) in [5.41, 5.74) is 2.02. The van der Waals surface area contributed by atoms with Gasteiger partial charge in [0, 0.05) is 16.7 Å². The molecule has 6 nitrogen and oxygen atoms in total. The third-order valence-electron chi connectivity index (χ3n) is 3.29. The van der Waals surface area contributed by atoms with E-state index in [1.54, 1.807) is 13.3 Å². The second kappa shape index (κ2) is 7.74. The summed E-state index contributed by atoms with van der Waals surface area (Å²) in [6.45, 7) is 0.639. The summed E-state index contributed by atoms with van der Waals surface area (Å²) in [5.74, 6) is 1.93. The van der Waals surface area contributed by atoms with Gasteiger partial charge in [-0.2, -0.15) is 10.1 Å². The number of nitrogens with one attached hydrogen (secondary N) is 2. The number of ether oxygens (including phenoxy) is 1. The molecule has 0 radical (unpaired) electrons. The van der Waals surface area contributed by atoms with Crippen LogP contribution >= 0.6 is 15.9 Å². The molecule has 2 aromatic carbocycles. The molecule has 0 saturated carbocycles. The van der Waals surface area contributed by atoms with Gasteiger partial charge < -0.3 is 15.4 Å². The molecule has 0 bridgehead atoms. The lowest BCUT2D eigenvalue weighted by molar-refractivity contribution is 0.414. The first-order chi connectivity index (χ1) is 11.7. The zero-order valence-corrected chi connectivity index (χ0v) is 14.6. The summed E-state index contributed by atoms with van der Waals surface area (Å²) >= 11 is 3.40. The summed E-state index contributed by atoms with van der Waals surface area (Å²) < 4.78 is 6.17. The first-order valence-electron chi connectivity index (χ1n) is 7.32. The highest BCUT2D eigenvalue weighted by atomic mass is 79.9. The maximum Gasteiger partial charge on any atom is 0.249 e. The van der Waals surface area contributed by atoms with Crippen molar-refractivity contribution in [3.63, 3.8) is 0 Å². The number of anilines is 3. The van der Waals surface area contributed by atoms with E-state index in [-0.39, 0.29) is 0 Å². The highest BCUT2D eigenvalue weighted by molar-refractivity contribution is 9.10. The van der Waals surface area contributed by atoms with E-state index < -0.39 is 0 Å². The van der Waals surface area contributed by atoms with E-state index in [4.69, 9.17) is 4.74 Å². The van der Waals surface area contributed by atoms with Crippen LogP contribution in [0.1, 0.15) is 5.56 Å². The standard InChI is InChI=1S/C17H16BrN5O/c1-24-15-8-2-12(3-9-15)10-19-16-11-20-23-17(22-16)21-14-6-4-13(18)5-7-14/h2-9,11H,10H2,1H3,(H2,19,21,22,23). The molecular weight excluding hydrogens is 370 g/mol. The molecule has 2 N–H and O–H groups in total. The van der Waals surface area contributed by atoms with Crippen molar-refractivity contribution < 1.29 is 4.74 Å². The molecule has 0 fully saturated rings. The third-order valence-corrected chi connectivity index (χ3v) is 3.82. The Balaban J connectivity index is 1.63. The van der Waals surface area contributed by atoms with Crippen LogP contribution in [0.15, 0.2) is 59.2 Å². The lowest BCUT2D eigenvalue weighted by Crippen LogP contribution is -2.05. The molecule has 0 amide bonds. The Morgan fingerprint density at radius 3 is 2.50 bits per heavy atom. The van der Waals surface area contributed by atoms with E-state index in [0.29, 0.717) is 18.3 Å². The lowest BCUT2D eigenvalue weighted by Gasteiger charge is -2.08. The molecule has 3 rings (SSSR count). The van der Waals surface area contributed by atoms with Gasteiger partial charge in [0.2, 0.25) is 5.95 Å². The minimum Gasteiger partial charge on any atom is -0.497 e. The van der Waals surface area contributed by atoms with Crippen LogP contribution in [0, 0.1) is 0 Å². The topological polar surface area (TPSA) is 72.0 Å². The van der Waals surface area contributed by atoms with Gasteiger partial charge in [0.15, 0.2) is 5.82 Å². The van der Waals surface area contributed by atoms with Crippen molar-refractivity contribution in [2.24, 2.45) is 0 Å². The second-order valence-electron chi connectivity index (χ2n) is 5.00. The van der Waals surface area contributed by atoms with Crippen LogP contribution in [0.25, 0.3) is 0 Å². The van der Waals surface area contributed by atoms with Gasteiger partial charge in [-0.3, -0.25) is 0 Å². The minimum absolute atomic E-state index is 0.442. The van der Waals surface area contributed by atoms with E-state index in [2.05, 4.69) is 41.7 Å². The quantitative estimate of drug-likeness (QED) is 0.667. The van der Waals surface area contributed by atoms with E-state index in [1.807, 2.05) is 48.5 Å². The van der Waals surface area contributed by atoms with Gasteiger partial charge in [-0.15, -0.1) is 5.10 Å². The smallest absolute Gasteiger partial charge is 0.249 e. The normalized spacial score (nSPS) is 10.2. The van der Waals surface area contributed by atoms with Crippen molar-refractivity contribution in [1.29, 1.82) is 0 Å². The van der Waals surface area contributed by atoms with Crippen LogP contribution in [-0.4, -0.2) is 22.3 Å². The van der Waals surface area contributed by atoms with Crippen LogP contribution in [0.5, 0.6) is 5.75 Å². The summed E-state index contributed by atoms with van der Waals surface area (Å²) in [5, 5.41) is 14.3. The van der Waals surface area contributed by atoms with Crippen molar-refractivity contribution in [3.05, 3.63) is 64.8 Å². The highest BCUT2D eigenvalue weighted by Gasteiger charge is 2.02. The Kier molecular flexibility index (Phi) is 5.22. The van der Waals surface area contributed by atoms with E-state index in [9.17, 15) is 0 Å². The maximum atomic E-state index is 5.15. The minimum atomic E-state index is 0.442. The monoisotopic (exact) mass is 385 g/mol. The molecule has 1 heterocycles. The largest absolute Gasteiger partial charge is 0.497 e. The predicted molar refractivity (Wildman–Crippen MR) is 97.6 cm³/mol. The first-order valence-corrected chi connectivity index (χ1v) is 8.11. The fourth-order valence-electron chi connectivity index (χ4n) is 2.04. The zero-order chi connectivity index (χ0) is 16.8. The number of benzene rings is 2. The van der Waals surface area contributed by atoms with Crippen LogP contribution in [-0.2, 0) is 6.54 Å². The number of nitrogens with zero attached hydrogens (tertiary/aromatic N) is 3. The van der Waals surface area contributed by atoms with Crippen molar-refractivity contribution in [1.82, 2.24) is 15.2 Å². The summed E-state index contributed by atoms with van der Waals surface area (Å²) in [7, 11) is 1.65. The fraction of sp³-hybridized carbons (Fsp3) is 0.118. The molecule has 0 unspecified atom stereocenters. The molecule has 1 aromatic heterocycles. The molecule has 0 aliphatic rings. The second-order valence-corrected chi connectivity index (χ2v) is 5.91. The van der Waals surface area contributed by atoms with Gasteiger partial charge in [0.1, 0.15) is 5.75 Å². The van der Waals surface area contributed by atoms with Crippen LogP contribution < -0.4 is 15.4 Å². The maximum absolute atomic E-state index is 5.15. The molecule has 0 aliphatic heterocycles. The molecule has 3 aromatic rings. The van der Waals surface area contributed by atoms with Gasteiger partial charge in [-0.25, -0.2) is 0 Å². The number of methoxy groups -OCH3 is 1. The molecule has 0 atom stereocenters. The molecule has 122 valence electrons. The Bertz CT molecular complexity index is 793. The number of hydrogen-bond acceptors (Lipinski definition) is 6. The Morgan fingerprint density at radius 1 is 1.04 bits per heavy atom. The first kappa shape index (κ1) is 16.2. The Hall–Kier alpha value is -2.67. The predicted octanol–water partition coefficient (Wildman–Crippen LogP) is 4.00. The number of halogens is 1. The van der Waals surface area contributed by atoms with Crippen LogP contribution in [0.4, 0.5) is 17.5 Å².